The van der Waals surface area contributed by atoms with Crippen LogP contribution in [0.2, 0.25) is 10.0 Å². The second-order valence-corrected chi connectivity index (χ2v) is 6.29. The van der Waals surface area contributed by atoms with E-state index in [2.05, 4.69) is 5.32 Å². The number of benzene rings is 2. The van der Waals surface area contributed by atoms with Gasteiger partial charge in [0.05, 0.1) is 17.1 Å². The summed E-state index contributed by atoms with van der Waals surface area (Å²) in [5, 5.41) is 3.71. The molecule has 1 N–H and O–H groups in total. The molecule has 0 aliphatic carbocycles. The smallest absolute Gasteiger partial charge is 0.310 e. The number of hydrogen-bond acceptors (Lipinski definition) is 3. The number of rotatable bonds is 5. The Kier molecular flexibility index (Phi) is 6.23. The van der Waals surface area contributed by atoms with Gasteiger partial charge in [-0.15, -0.1) is 0 Å². The number of halogens is 2. The molecule has 0 unspecified atom stereocenters. The van der Waals surface area contributed by atoms with Gasteiger partial charge in [-0.05, 0) is 48.7 Å². The SMILES string of the molecule is Cc1cc(C)c(NC(=O)COC(=O)Cc2ccc(Cl)cc2)c(Cl)c1. The van der Waals surface area contributed by atoms with E-state index in [1.807, 2.05) is 19.9 Å². The molecule has 126 valence electrons. The van der Waals surface area contributed by atoms with Crippen molar-refractivity contribution < 1.29 is 14.3 Å². The maximum absolute atomic E-state index is 11.9. The highest BCUT2D eigenvalue weighted by Gasteiger charge is 2.12. The van der Waals surface area contributed by atoms with Crippen molar-refractivity contribution in [3.8, 4) is 0 Å². The molecule has 0 aliphatic rings. The Morgan fingerprint density at radius 2 is 1.75 bits per heavy atom. The molecule has 0 aliphatic heterocycles. The summed E-state index contributed by atoms with van der Waals surface area (Å²) < 4.78 is 4.99. The molecular weight excluding hydrogens is 349 g/mol. The molecule has 0 radical (unpaired) electrons. The number of carbonyl (C=O) groups is 2. The molecule has 0 spiro atoms. The highest BCUT2D eigenvalue weighted by Crippen LogP contribution is 2.27. The van der Waals surface area contributed by atoms with Crippen LogP contribution in [0.15, 0.2) is 36.4 Å². The third-order valence-electron chi connectivity index (χ3n) is 3.32. The van der Waals surface area contributed by atoms with Crippen molar-refractivity contribution in [1.29, 1.82) is 0 Å². The molecule has 4 nitrogen and oxygen atoms in total. The summed E-state index contributed by atoms with van der Waals surface area (Å²) in [7, 11) is 0. The van der Waals surface area contributed by atoms with Crippen LogP contribution in [0.4, 0.5) is 5.69 Å². The first-order valence-corrected chi connectivity index (χ1v) is 8.07. The summed E-state index contributed by atoms with van der Waals surface area (Å²) in [5.41, 5.74) is 3.15. The monoisotopic (exact) mass is 365 g/mol. The van der Waals surface area contributed by atoms with E-state index >= 15 is 0 Å². The zero-order chi connectivity index (χ0) is 17.7. The second-order valence-electron chi connectivity index (χ2n) is 5.45. The van der Waals surface area contributed by atoms with E-state index in [0.29, 0.717) is 15.7 Å². The fourth-order valence-corrected chi connectivity index (χ4v) is 2.71. The van der Waals surface area contributed by atoms with E-state index in [4.69, 9.17) is 27.9 Å². The summed E-state index contributed by atoms with van der Waals surface area (Å²) in [6.07, 6.45) is 0.0781. The Labute approximate surface area is 150 Å². The lowest BCUT2D eigenvalue weighted by atomic mass is 10.1. The Balaban J connectivity index is 1.87. The quantitative estimate of drug-likeness (QED) is 0.802. The molecule has 2 rings (SSSR count). The Morgan fingerprint density at radius 1 is 1.08 bits per heavy atom. The van der Waals surface area contributed by atoms with Gasteiger partial charge in [0.25, 0.3) is 5.91 Å². The van der Waals surface area contributed by atoms with Crippen LogP contribution in [0.25, 0.3) is 0 Å². The van der Waals surface area contributed by atoms with Gasteiger partial charge in [0.15, 0.2) is 6.61 Å². The number of carbonyl (C=O) groups excluding carboxylic acids is 2. The van der Waals surface area contributed by atoms with Crippen molar-refractivity contribution in [1.82, 2.24) is 0 Å². The zero-order valence-corrected chi connectivity index (χ0v) is 14.9. The molecule has 2 aromatic rings. The van der Waals surface area contributed by atoms with Crippen molar-refractivity contribution >= 4 is 40.8 Å². The van der Waals surface area contributed by atoms with Gasteiger partial charge in [-0.3, -0.25) is 9.59 Å². The Morgan fingerprint density at radius 3 is 2.38 bits per heavy atom. The van der Waals surface area contributed by atoms with E-state index in [9.17, 15) is 9.59 Å². The summed E-state index contributed by atoms with van der Waals surface area (Å²) in [6.45, 7) is 3.40. The van der Waals surface area contributed by atoms with Crippen LogP contribution in [0, 0.1) is 13.8 Å². The fourth-order valence-electron chi connectivity index (χ4n) is 2.22. The van der Waals surface area contributed by atoms with Crippen LogP contribution >= 0.6 is 23.2 Å². The molecule has 24 heavy (non-hydrogen) atoms. The minimum Gasteiger partial charge on any atom is -0.455 e. The Bertz CT molecular complexity index is 734. The molecule has 0 aromatic heterocycles. The van der Waals surface area contributed by atoms with Crippen molar-refractivity contribution in [2.24, 2.45) is 0 Å². The minimum atomic E-state index is -0.487. The van der Waals surface area contributed by atoms with Gasteiger partial charge in [-0.2, -0.15) is 0 Å². The normalized spacial score (nSPS) is 10.3. The summed E-state index contributed by atoms with van der Waals surface area (Å²) >= 11 is 11.9. The van der Waals surface area contributed by atoms with E-state index in [0.717, 1.165) is 16.7 Å². The highest BCUT2D eigenvalue weighted by atomic mass is 35.5. The van der Waals surface area contributed by atoms with E-state index in [1.165, 1.54) is 0 Å². The number of esters is 1. The van der Waals surface area contributed by atoms with Gasteiger partial charge in [-0.1, -0.05) is 41.4 Å². The van der Waals surface area contributed by atoms with Gasteiger partial charge in [0, 0.05) is 5.02 Å². The van der Waals surface area contributed by atoms with Crippen LogP contribution in [0.1, 0.15) is 16.7 Å². The maximum Gasteiger partial charge on any atom is 0.310 e. The lowest BCUT2D eigenvalue weighted by molar-refractivity contribution is -0.146. The van der Waals surface area contributed by atoms with Crippen molar-refractivity contribution in [2.45, 2.75) is 20.3 Å². The largest absolute Gasteiger partial charge is 0.455 e. The minimum absolute atomic E-state index is 0.0781. The van der Waals surface area contributed by atoms with Gasteiger partial charge in [0.1, 0.15) is 0 Å². The first-order chi connectivity index (χ1) is 11.3. The number of amides is 1. The van der Waals surface area contributed by atoms with Crippen LogP contribution < -0.4 is 5.32 Å². The molecule has 0 saturated carbocycles. The summed E-state index contributed by atoms with van der Waals surface area (Å²) in [5.74, 6) is -0.924. The standard InChI is InChI=1S/C18H17Cl2NO3/c1-11-7-12(2)18(15(20)8-11)21-16(22)10-24-17(23)9-13-3-5-14(19)6-4-13/h3-8H,9-10H2,1-2H3,(H,21,22). The average Bonchev–Trinajstić information content (AvgIpc) is 2.51. The lowest BCUT2D eigenvalue weighted by Crippen LogP contribution is -2.22. The molecule has 6 heteroatoms. The third kappa shape index (κ3) is 5.25. The number of hydrogen-bond donors (Lipinski definition) is 1. The average molecular weight is 366 g/mol. The molecule has 1 amide bonds. The van der Waals surface area contributed by atoms with Crippen LogP contribution in [-0.4, -0.2) is 18.5 Å². The zero-order valence-electron chi connectivity index (χ0n) is 13.4. The van der Waals surface area contributed by atoms with E-state index in [-0.39, 0.29) is 13.0 Å². The molecular formula is C18H17Cl2NO3. The lowest BCUT2D eigenvalue weighted by Gasteiger charge is -2.12. The van der Waals surface area contributed by atoms with Crippen LogP contribution in [0.3, 0.4) is 0 Å². The van der Waals surface area contributed by atoms with E-state index < -0.39 is 11.9 Å². The van der Waals surface area contributed by atoms with Gasteiger partial charge < -0.3 is 10.1 Å². The van der Waals surface area contributed by atoms with Gasteiger partial charge in [0.2, 0.25) is 0 Å². The number of ether oxygens (including phenoxy) is 1. The molecule has 0 bridgehead atoms. The third-order valence-corrected chi connectivity index (χ3v) is 3.87. The predicted octanol–water partition coefficient (Wildman–Crippen LogP) is 4.33. The van der Waals surface area contributed by atoms with Crippen LogP contribution in [-0.2, 0) is 20.7 Å². The molecule has 2 aromatic carbocycles. The number of anilines is 1. The Hall–Kier alpha value is -2.04. The van der Waals surface area contributed by atoms with Gasteiger partial charge in [-0.25, -0.2) is 0 Å². The van der Waals surface area contributed by atoms with Crippen molar-refractivity contribution in [2.75, 3.05) is 11.9 Å². The van der Waals surface area contributed by atoms with Crippen molar-refractivity contribution in [3.63, 3.8) is 0 Å². The first kappa shape index (κ1) is 18.3. The summed E-state index contributed by atoms with van der Waals surface area (Å²) in [6, 6.07) is 10.5. The first-order valence-electron chi connectivity index (χ1n) is 7.32. The fraction of sp³-hybridized carbons (Fsp3) is 0.222. The van der Waals surface area contributed by atoms with Crippen LogP contribution in [0.5, 0.6) is 0 Å². The maximum atomic E-state index is 11.9. The second kappa shape index (κ2) is 8.18. The number of aryl methyl sites for hydroxylation is 2. The van der Waals surface area contributed by atoms with Crippen molar-refractivity contribution in [3.05, 3.63) is 63.1 Å². The predicted molar refractivity (Wildman–Crippen MR) is 95.7 cm³/mol. The topological polar surface area (TPSA) is 55.4 Å². The molecule has 0 saturated heterocycles. The molecule has 0 heterocycles. The van der Waals surface area contributed by atoms with E-state index in [1.54, 1.807) is 30.3 Å². The molecule has 0 atom stereocenters. The van der Waals surface area contributed by atoms with Gasteiger partial charge >= 0.3 is 5.97 Å². The number of nitrogens with one attached hydrogen (secondary N) is 1. The summed E-state index contributed by atoms with van der Waals surface area (Å²) in [4.78, 5) is 23.7. The molecule has 0 fully saturated rings. The highest BCUT2D eigenvalue weighted by molar-refractivity contribution is 6.34.